The van der Waals surface area contributed by atoms with Crippen molar-refractivity contribution in [1.82, 2.24) is 9.78 Å². The number of ketones is 1. The van der Waals surface area contributed by atoms with Crippen LogP contribution in [0.15, 0.2) is 12.4 Å². The molecule has 0 saturated heterocycles. The molecule has 1 amide bonds. The van der Waals surface area contributed by atoms with E-state index in [2.05, 4.69) is 24.3 Å². The van der Waals surface area contributed by atoms with Gasteiger partial charge in [-0.2, -0.15) is 5.10 Å². The lowest BCUT2D eigenvalue weighted by atomic mass is 9.44. The van der Waals surface area contributed by atoms with Crippen LogP contribution in [0.2, 0.25) is 0 Å². The Kier molecular flexibility index (Phi) is 5.54. The molecule has 0 aliphatic heterocycles. The second kappa shape index (κ2) is 7.93. The molecular weight excluding hydrogens is 414 g/mol. The van der Waals surface area contributed by atoms with Crippen molar-refractivity contribution < 1.29 is 14.7 Å². The summed E-state index contributed by atoms with van der Waals surface area (Å²) in [6.45, 7) is 8.71. The highest BCUT2D eigenvalue weighted by Gasteiger charge is 2.61. The SMILES string of the molecule is CC(=O)Nc1cnn(CC(=O)C2CC[C@H]3[C@@H]4CC[C@@H]5C[C@](C)(O)CC[C@]5(C)[C@H]4CC[C@]23C)c1. The Morgan fingerprint density at radius 3 is 2.58 bits per heavy atom. The van der Waals surface area contributed by atoms with E-state index in [-0.39, 0.29) is 23.8 Å². The van der Waals surface area contributed by atoms with E-state index in [0.29, 0.717) is 28.7 Å². The average Bonchev–Trinajstić information content (AvgIpc) is 3.31. The van der Waals surface area contributed by atoms with Crippen LogP contribution in [0.5, 0.6) is 0 Å². The lowest BCUT2D eigenvalue weighted by molar-refractivity contribution is -0.151. The van der Waals surface area contributed by atoms with Gasteiger partial charge in [0, 0.05) is 19.0 Å². The van der Waals surface area contributed by atoms with Gasteiger partial charge in [0.1, 0.15) is 0 Å². The zero-order valence-electron chi connectivity index (χ0n) is 20.8. The van der Waals surface area contributed by atoms with Crippen LogP contribution in [-0.4, -0.2) is 32.2 Å². The van der Waals surface area contributed by atoms with Crippen LogP contribution in [0.25, 0.3) is 0 Å². The molecule has 1 aromatic heterocycles. The molecule has 182 valence electrons. The van der Waals surface area contributed by atoms with Crippen LogP contribution in [0.1, 0.15) is 85.5 Å². The van der Waals surface area contributed by atoms with E-state index >= 15 is 0 Å². The molecular formula is C27H41N3O3. The summed E-state index contributed by atoms with van der Waals surface area (Å²) >= 11 is 0. The number of anilines is 1. The van der Waals surface area contributed by atoms with E-state index in [9.17, 15) is 14.7 Å². The van der Waals surface area contributed by atoms with Crippen molar-refractivity contribution in [3.05, 3.63) is 12.4 Å². The van der Waals surface area contributed by atoms with Gasteiger partial charge in [0.25, 0.3) is 0 Å². The molecule has 8 atom stereocenters. The van der Waals surface area contributed by atoms with Crippen LogP contribution in [0, 0.1) is 40.4 Å². The molecule has 4 saturated carbocycles. The standard InChI is InChI=1S/C27H41N3O3/c1-17(31)29-19-14-28-30(15-19)16-24(32)23-8-7-21-20-6-5-18-13-25(2,33)11-12-26(18,3)22(20)9-10-27(21,23)4/h14-15,18,20-23,33H,5-13,16H2,1-4H3,(H,29,31)/t18-,20+,21+,22+,23?,25-,26+,27+/m1/s1. The summed E-state index contributed by atoms with van der Waals surface area (Å²) in [5.41, 5.74) is 0.596. The Morgan fingerprint density at radius 1 is 1.06 bits per heavy atom. The largest absolute Gasteiger partial charge is 0.390 e. The van der Waals surface area contributed by atoms with Crippen molar-refractivity contribution >= 4 is 17.4 Å². The van der Waals surface area contributed by atoms with Gasteiger partial charge in [-0.25, -0.2) is 0 Å². The average molecular weight is 456 g/mol. The molecule has 0 aromatic carbocycles. The smallest absolute Gasteiger partial charge is 0.221 e. The minimum atomic E-state index is -0.489. The summed E-state index contributed by atoms with van der Waals surface area (Å²) in [5, 5.41) is 17.7. The number of fused-ring (bicyclic) bond motifs is 5. The summed E-state index contributed by atoms with van der Waals surface area (Å²) in [5.74, 6) is 3.02. The van der Waals surface area contributed by atoms with Crippen LogP contribution in [0.4, 0.5) is 5.69 Å². The van der Waals surface area contributed by atoms with E-state index < -0.39 is 5.60 Å². The van der Waals surface area contributed by atoms with Gasteiger partial charge >= 0.3 is 0 Å². The summed E-state index contributed by atoms with van der Waals surface area (Å²) < 4.78 is 1.68. The molecule has 33 heavy (non-hydrogen) atoms. The van der Waals surface area contributed by atoms with Gasteiger partial charge in [-0.3, -0.25) is 14.3 Å². The van der Waals surface area contributed by atoms with Crippen LogP contribution in [0.3, 0.4) is 0 Å². The lowest BCUT2D eigenvalue weighted by Crippen LogP contribution is -2.55. The number of Topliss-reactive ketones (excluding diaryl/α,β-unsaturated/α-hetero) is 1. The number of nitrogens with one attached hydrogen (secondary N) is 1. The molecule has 0 radical (unpaired) electrons. The van der Waals surface area contributed by atoms with Crippen molar-refractivity contribution in [3.8, 4) is 0 Å². The number of aromatic nitrogens is 2. The van der Waals surface area contributed by atoms with Gasteiger partial charge < -0.3 is 10.4 Å². The van der Waals surface area contributed by atoms with E-state index in [4.69, 9.17) is 0 Å². The Morgan fingerprint density at radius 2 is 1.82 bits per heavy atom. The number of rotatable bonds is 4. The van der Waals surface area contributed by atoms with Crippen molar-refractivity contribution in [2.24, 2.45) is 40.4 Å². The molecule has 0 bridgehead atoms. The molecule has 1 unspecified atom stereocenters. The predicted octanol–water partition coefficient (Wildman–Crippen LogP) is 4.82. The molecule has 5 rings (SSSR count). The number of hydrogen-bond acceptors (Lipinski definition) is 4. The van der Waals surface area contributed by atoms with Crippen molar-refractivity contribution in [2.45, 2.75) is 97.6 Å². The second-order valence-electron chi connectivity index (χ2n) is 12.6. The second-order valence-corrected chi connectivity index (χ2v) is 12.6. The minimum Gasteiger partial charge on any atom is -0.390 e. The zero-order valence-corrected chi connectivity index (χ0v) is 20.8. The highest BCUT2D eigenvalue weighted by Crippen LogP contribution is 2.68. The highest BCUT2D eigenvalue weighted by molar-refractivity contribution is 5.88. The maximum atomic E-state index is 13.5. The molecule has 6 nitrogen and oxygen atoms in total. The first kappa shape index (κ1) is 23.1. The van der Waals surface area contributed by atoms with Gasteiger partial charge in [0.15, 0.2) is 5.78 Å². The van der Waals surface area contributed by atoms with Crippen LogP contribution >= 0.6 is 0 Å². The van der Waals surface area contributed by atoms with Gasteiger partial charge in [-0.1, -0.05) is 13.8 Å². The zero-order chi connectivity index (χ0) is 23.6. The highest BCUT2D eigenvalue weighted by atomic mass is 16.3. The topological polar surface area (TPSA) is 84.2 Å². The first-order chi connectivity index (χ1) is 15.5. The number of aliphatic hydroxyl groups is 1. The monoisotopic (exact) mass is 455 g/mol. The fraction of sp³-hybridized carbons (Fsp3) is 0.815. The molecule has 1 aromatic rings. The maximum Gasteiger partial charge on any atom is 0.221 e. The van der Waals surface area contributed by atoms with Gasteiger partial charge in [-0.15, -0.1) is 0 Å². The first-order valence-electron chi connectivity index (χ1n) is 13.1. The molecule has 4 aliphatic rings. The first-order valence-corrected chi connectivity index (χ1v) is 13.1. The van der Waals surface area contributed by atoms with E-state index in [0.717, 1.165) is 43.9 Å². The lowest BCUT2D eigenvalue weighted by Gasteiger charge is -2.61. The Hall–Kier alpha value is -1.69. The molecule has 1 heterocycles. The van der Waals surface area contributed by atoms with Gasteiger partial charge in [0.05, 0.1) is 24.0 Å². The summed E-state index contributed by atoms with van der Waals surface area (Å²) in [6.07, 6.45) is 13.4. The van der Waals surface area contributed by atoms with E-state index in [1.807, 2.05) is 6.92 Å². The maximum absolute atomic E-state index is 13.5. The van der Waals surface area contributed by atoms with Crippen LogP contribution in [-0.2, 0) is 16.1 Å². The predicted molar refractivity (Wildman–Crippen MR) is 127 cm³/mol. The summed E-state index contributed by atoms with van der Waals surface area (Å²) in [4.78, 5) is 24.7. The molecule has 4 aliphatic carbocycles. The third-order valence-corrected chi connectivity index (χ3v) is 10.6. The number of hydrogen-bond donors (Lipinski definition) is 2. The molecule has 2 N–H and O–H groups in total. The fourth-order valence-corrected chi connectivity index (χ4v) is 8.95. The summed E-state index contributed by atoms with van der Waals surface area (Å²) in [7, 11) is 0. The molecule has 6 heteroatoms. The quantitative estimate of drug-likeness (QED) is 0.682. The van der Waals surface area contributed by atoms with Gasteiger partial charge in [0.2, 0.25) is 5.91 Å². The Balaban J connectivity index is 1.30. The van der Waals surface area contributed by atoms with Crippen LogP contribution < -0.4 is 5.32 Å². The number of amides is 1. The van der Waals surface area contributed by atoms with Crippen molar-refractivity contribution in [1.29, 1.82) is 0 Å². The number of nitrogens with zero attached hydrogens (tertiary/aromatic N) is 2. The molecule has 0 spiro atoms. The Bertz CT molecular complexity index is 939. The fourth-order valence-electron chi connectivity index (χ4n) is 8.95. The van der Waals surface area contributed by atoms with Gasteiger partial charge in [-0.05, 0) is 99.2 Å². The summed E-state index contributed by atoms with van der Waals surface area (Å²) in [6, 6.07) is 0. The number of carbonyl (C=O) groups excluding carboxylic acids is 2. The number of carbonyl (C=O) groups is 2. The van der Waals surface area contributed by atoms with E-state index in [1.165, 1.54) is 32.6 Å². The normalized spacial score (nSPS) is 44.5. The van der Waals surface area contributed by atoms with Crippen molar-refractivity contribution in [3.63, 3.8) is 0 Å². The minimum absolute atomic E-state index is 0.0925. The van der Waals surface area contributed by atoms with Crippen molar-refractivity contribution in [2.75, 3.05) is 5.32 Å². The third kappa shape index (κ3) is 3.86. The molecule has 4 fully saturated rings. The Labute approximate surface area is 197 Å². The third-order valence-electron chi connectivity index (χ3n) is 10.6. The van der Waals surface area contributed by atoms with E-state index in [1.54, 1.807) is 17.1 Å².